The summed E-state index contributed by atoms with van der Waals surface area (Å²) in [6, 6.07) is 29.6. The number of nitriles is 1. The maximum Gasteiger partial charge on any atom is 0.213 e. The molecule has 180 valence electrons. The van der Waals surface area contributed by atoms with Crippen molar-refractivity contribution in [1.82, 2.24) is 0 Å². The number of halogens is 1. The standard InChI is InChI=1S/C32H30FN2O/c1-23(5-4-20-34)25-9-6-24(7-10-25)8-17-30-21-28(26-13-18-31(36-3)19-14-26)22-32(35(30)2)27-11-15-29(33)16-12-27/h6-19,21-23H,4-5H2,1-3H3/q+1/b17-8+. The zero-order valence-corrected chi connectivity index (χ0v) is 20.9. The van der Waals surface area contributed by atoms with E-state index in [-0.39, 0.29) is 5.82 Å². The van der Waals surface area contributed by atoms with Crippen molar-refractivity contribution in [2.24, 2.45) is 7.05 Å². The van der Waals surface area contributed by atoms with Crippen LogP contribution in [0.15, 0.2) is 84.9 Å². The van der Waals surface area contributed by atoms with Gasteiger partial charge in [0.05, 0.1) is 13.2 Å². The van der Waals surface area contributed by atoms with Gasteiger partial charge in [-0.15, -0.1) is 0 Å². The third-order valence-corrected chi connectivity index (χ3v) is 6.55. The Hall–Kier alpha value is -4.23. The van der Waals surface area contributed by atoms with Crippen LogP contribution in [0.5, 0.6) is 5.75 Å². The van der Waals surface area contributed by atoms with Gasteiger partial charge in [-0.1, -0.05) is 43.3 Å². The van der Waals surface area contributed by atoms with Crippen LogP contribution in [0, 0.1) is 17.1 Å². The van der Waals surface area contributed by atoms with Crippen LogP contribution in [0.4, 0.5) is 4.39 Å². The molecule has 0 bridgehead atoms. The highest BCUT2D eigenvalue weighted by Crippen LogP contribution is 2.28. The van der Waals surface area contributed by atoms with E-state index in [0.717, 1.165) is 45.8 Å². The van der Waals surface area contributed by atoms with E-state index in [9.17, 15) is 4.39 Å². The van der Waals surface area contributed by atoms with Crippen LogP contribution in [-0.4, -0.2) is 7.11 Å². The summed E-state index contributed by atoms with van der Waals surface area (Å²) in [5.74, 6) is 0.919. The summed E-state index contributed by atoms with van der Waals surface area (Å²) in [7, 11) is 3.68. The lowest BCUT2D eigenvalue weighted by Crippen LogP contribution is -2.34. The Morgan fingerprint density at radius 3 is 2.19 bits per heavy atom. The number of rotatable bonds is 8. The lowest BCUT2D eigenvalue weighted by molar-refractivity contribution is -0.662. The molecule has 0 amide bonds. The smallest absolute Gasteiger partial charge is 0.213 e. The third kappa shape index (κ3) is 5.87. The van der Waals surface area contributed by atoms with Gasteiger partial charge in [-0.25, -0.2) is 4.39 Å². The zero-order chi connectivity index (χ0) is 25.5. The molecule has 1 unspecified atom stereocenters. The first-order chi connectivity index (χ1) is 17.5. The van der Waals surface area contributed by atoms with Gasteiger partial charge in [0.25, 0.3) is 0 Å². The molecule has 0 spiro atoms. The van der Waals surface area contributed by atoms with Crippen LogP contribution in [0.2, 0.25) is 0 Å². The predicted octanol–water partition coefficient (Wildman–Crippen LogP) is 7.57. The molecule has 0 saturated heterocycles. The quantitative estimate of drug-likeness (QED) is 0.245. The highest BCUT2D eigenvalue weighted by atomic mass is 19.1. The van der Waals surface area contributed by atoms with Crippen LogP contribution in [-0.2, 0) is 7.05 Å². The molecule has 0 saturated carbocycles. The summed E-state index contributed by atoms with van der Waals surface area (Å²) in [5, 5.41) is 8.84. The maximum atomic E-state index is 13.6. The Bertz CT molecular complexity index is 1380. The van der Waals surface area contributed by atoms with E-state index in [2.05, 4.69) is 66.1 Å². The van der Waals surface area contributed by atoms with E-state index in [1.54, 1.807) is 7.11 Å². The Morgan fingerprint density at radius 1 is 0.889 bits per heavy atom. The largest absolute Gasteiger partial charge is 0.497 e. The van der Waals surface area contributed by atoms with Gasteiger partial charge in [0.15, 0.2) is 0 Å². The predicted molar refractivity (Wildman–Crippen MR) is 144 cm³/mol. The minimum Gasteiger partial charge on any atom is -0.497 e. The number of ether oxygens (including phenoxy) is 1. The van der Waals surface area contributed by atoms with Gasteiger partial charge in [0.1, 0.15) is 18.6 Å². The molecule has 0 aliphatic carbocycles. The van der Waals surface area contributed by atoms with Gasteiger partial charge in [-0.3, -0.25) is 0 Å². The molecular weight excluding hydrogens is 447 g/mol. The monoisotopic (exact) mass is 477 g/mol. The number of benzene rings is 3. The van der Waals surface area contributed by atoms with E-state index < -0.39 is 0 Å². The molecule has 4 aromatic rings. The van der Waals surface area contributed by atoms with E-state index in [0.29, 0.717) is 12.3 Å². The fourth-order valence-electron chi connectivity index (χ4n) is 4.25. The first kappa shape index (κ1) is 24.9. The Morgan fingerprint density at radius 2 is 1.56 bits per heavy atom. The molecule has 4 rings (SSSR count). The topological polar surface area (TPSA) is 36.9 Å². The summed E-state index contributed by atoms with van der Waals surface area (Å²) in [6.45, 7) is 2.16. The second-order valence-electron chi connectivity index (χ2n) is 8.95. The van der Waals surface area contributed by atoms with Crippen molar-refractivity contribution in [3.05, 3.63) is 108 Å². The van der Waals surface area contributed by atoms with Crippen molar-refractivity contribution in [3.63, 3.8) is 0 Å². The van der Waals surface area contributed by atoms with Crippen LogP contribution < -0.4 is 9.30 Å². The molecule has 1 aromatic heterocycles. The molecule has 0 aliphatic heterocycles. The minimum absolute atomic E-state index is 0.252. The van der Waals surface area contributed by atoms with Crippen LogP contribution in [0.25, 0.3) is 34.5 Å². The molecule has 1 heterocycles. The van der Waals surface area contributed by atoms with Crippen molar-refractivity contribution in [1.29, 1.82) is 5.26 Å². The van der Waals surface area contributed by atoms with Gasteiger partial charge in [-0.2, -0.15) is 9.83 Å². The first-order valence-corrected chi connectivity index (χ1v) is 12.1. The Kier molecular flexibility index (Phi) is 7.92. The van der Waals surface area contributed by atoms with Gasteiger partial charge < -0.3 is 4.74 Å². The zero-order valence-electron chi connectivity index (χ0n) is 20.9. The molecule has 3 nitrogen and oxygen atoms in total. The SMILES string of the molecule is COc1ccc(-c2cc(/C=C/c3ccc(C(C)CCC#N)cc3)[n+](C)c(-c3ccc(F)cc3)c2)cc1. The molecule has 0 fully saturated rings. The summed E-state index contributed by atoms with van der Waals surface area (Å²) in [5.41, 5.74) is 7.44. The van der Waals surface area contributed by atoms with E-state index in [1.807, 2.05) is 43.4 Å². The average molecular weight is 478 g/mol. The maximum absolute atomic E-state index is 13.6. The van der Waals surface area contributed by atoms with E-state index in [1.165, 1.54) is 17.7 Å². The molecule has 0 N–H and O–H groups in total. The highest BCUT2D eigenvalue weighted by Gasteiger charge is 2.17. The number of methoxy groups -OCH3 is 1. The second kappa shape index (κ2) is 11.5. The van der Waals surface area contributed by atoms with Gasteiger partial charge in [0.2, 0.25) is 11.4 Å². The van der Waals surface area contributed by atoms with Crippen molar-refractivity contribution >= 4 is 12.2 Å². The van der Waals surface area contributed by atoms with Gasteiger partial charge in [-0.05, 0) is 77.1 Å². The van der Waals surface area contributed by atoms with Crippen molar-refractivity contribution < 1.29 is 13.7 Å². The molecule has 3 aromatic carbocycles. The fraction of sp³-hybridized carbons (Fsp3) is 0.188. The second-order valence-corrected chi connectivity index (χ2v) is 8.95. The minimum atomic E-state index is -0.252. The van der Waals surface area contributed by atoms with Crippen molar-refractivity contribution in [3.8, 4) is 34.2 Å². The molecule has 0 radical (unpaired) electrons. The molecule has 1 atom stereocenters. The number of aromatic nitrogens is 1. The highest BCUT2D eigenvalue weighted by molar-refractivity contribution is 5.74. The van der Waals surface area contributed by atoms with Crippen LogP contribution >= 0.6 is 0 Å². The summed E-state index contributed by atoms with van der Waals surface area (Å²) in [6.07, 6.45) is 5.64. The third-order valence-electron chi connectivity index (χ3n) is 6.55. The Labute approximate surface area is 212 Å². The molecule has 36 heavy (non-hydrogen) atoms. The molecule has 0 aliphatic rings. The first-order valence-electron chi connectivity index (χ1n) is 12.1. The van der Waals surface area contributed by atoms with Crippen LogP contribution in [0.1, 0.15) is 42.5 Å². The van der Waals surface area contributed by atoms with Gasteiger partial charge >= 0.3 is 0 Å². The summed E-state index contributed by atoms with van der Waals surface area (Å²) in [4.78, 5) is 0. The summed E-state index contributed by atoms with van der Waals surface area (Å²) >= 11 is 0. The summed E-state index contributed by atoms with van der Waals surface area (Å²) < 4.78 is 21.0. The van der Waals surface area contributed by atoms with E-state index in [4.69, 9.17) is 10.00 Å². The molecular formula is C32H30FN2O+. The van der Waals surface area contributed by atoms with Crippen molar-refractivity contribution in [2.45, 2.75) is 25.7 Å². The normalized spacial score (nSPS) is 11.9. The van der Waals surface area contributed by atoms with Crippen LogP contribution in [0.3, 0.4) is 0 Å². The van der Waals surface area contributed by atoms with E-state index >= 15 is 0 Å². The number of hydrogen-bond donors (Lipinski definition) is 0. The lowest BCUT2D eigenvalue weighted by Gasteiger charge is -2.10. The Balaban J connectivity index is 1.70. The average Bonchev–Trinajstić information content (AvgIpc) is 2.92. The lowest BCUT2D eigenvalue weighted by atomic mass is 9.95. The van der Waals surface area contributed by atoms with Crippen molar-refractivity contribution in [2.75, 3.05) is 7.11 Å². The fourth-order valence-corrected chi connectivity index (χ4v) is 4.25. The number of hydrogen-bond acceptors (Lipinski definition) is 2. The molecule has 4 heteroatoms. The van der Waals surface area contributed by atoms with Gasteiger partial charge in [0, 0.05) is 30.2 Å². The number of nitrogens with zero attached hydrogens (tertiary/aromatic N) is 2. The number of pyridine rings is 1.